The number of benzene rings is 1. The van der Waals surface area contributed by atoms with Crippen LogP contribution in [0.3, 0.4) is 0 Å². The second-order valence-electron chi connectivity index (χ2n) is 13.7. The average molecular weight is 763 g/mol. The van der Waals surface area contributed by atoms with E-state index in [0.717, 1.165) is 54.2 Å². The fourth-order valence-electron chi connectivity index (χ4n) is 7.05. The minimum Gasteiger partial charge on any atom is -0.382 e. The molecule has 4 N–H and O–H groups in total. The smallest absolute Gasteiger partial charge is 0.264 e. The fourth-order valence-corrected chi connectivity index (χ4v) is 7.05. The van der Waals surface area contributed by atoms with Crippen molar-refractivity contribution in [2.45, 2.75) is 76.4 Å². The quantitative estimate of drug-likeness (QED) is 0.0857. The monoisotopic (exact) mass is 762 g/mol. The van der Waals surface area contributed by atoms with Gasteiger partial charge in [0.25, 0.3) is 11.8 Å². The lowest BCUT2D eigenvalue weighted by molar-refractivity contribution is -0.136. The zero-order chi connectivity index (χ0) is 38.6. The summed E-state index contributed by atoms with van der Waals surface area (Å²) in [7, 11) is 0. The predicted octanol–water partition coefficient (Wildman–Crippen LogP) is 2.10. The molecule has 1 unspecified atom stereocenters. The van der Waals surface area contributed by atoms with Crippen LogP contribution in [0.2, 0.25) is 0 Å². The fraction of sp³-hybridized carbons (Fsp3) is 0.553. The zero-order valence-corrected chi connectivity index (χ0v) is 31.2. The Balaban J connectivity index is 0.752. The van der Waals surface area contributed by atoms with Gasteiger partial charge < -0.3 is 34.9 Å². The van der Waals surface area contributed by atoms with Crippen LogP contribution < -0.4 is 21.3 Å². The number of carbonyl (C=O) groups excluding carboxylic acids is 5. The topological polar surface area (TPSA) is 204 Å². The molecule has 0 bridgehead atoms. The van der Waals surface area contributed by atoms with Gasteiger partial charge in [-0.05, 0) is 44.2 Å². The van der Waals surface area contributed by atoms with Gasteiger partial charge >= 0.3 is 0 Å². The molecule has 17 heteroatoms. The summed E-state index contributed by atoms with van der Waals surface area (Å²) in [6, 6.07) is 8.25. The maximum Gasteiger partial charge on any atom is 0.264 e. The highest BCUT2D eigenvalue weighted by atomic mass is 16.6. The van der Waals surface area contributed by atoms with Crippen molar-refractivity contribution >= 4 is 46.7 Å². The van der Waals surface area contributed by atoms with Gasteiger partial charge in [-0.15, -0.1) is 0 Å². The van der Waals surface area contributed by atoms with Crippen molar-refractivity contribution in [2.24, 2.45) is 0 Å². The lowest BCUT2D eigenvalue weighted by atomic mass is 10.0. The Bertz CT molecular complexity index is 1830. The molecule has 0 spiro atoms. The van der Waals surface area contributed by atoms with Crippen molar-refractivity contribution in [3.63, 3.8) is 0 Å². The summed E-state index contributed by atoms with van der Waals surface area (Å²) in [6.45, 7) is 5.47. The number of rotatable bonds is 22. The molecule has 5 amide bonds. The number of nitrogens with zero attached hydrogens (tertiary/aromatic N) is 4. The number of hydrogen-bond donors (Lipinski definition) is 4. The van der Waals surface area contributed by atoms with Crippen molar-refractivity contribution < 1.29 is 42.9 Å². The van der Waals surface area contributed by atoms with E-state index in [0.29, 0.717) is 71.5 Å². The molecule has 3 aromatic rings. The first-order valence-electron chi connectivity index (χ1n) is 19.1. The van der Waals surface area contributed by atoms with Gasteiger partial charge in [-0.25, -0.2) is 4.98 Å². The van der Waals surface area contributed by atoms with Crippen molar-refractivity contribution in [1.82, 2.24) is 30.1 Å². The Morgan fingerprint density at radius 3 is 2.36 bits per heavy atom. The second-order valence-corrected chi connectivity index (χ2v) is 13.7. The van der Waals surface area contributed by atoms with E-state index in [-0.39, 0.29) is 42.0 Å². The highest BCUT2D eigenvalue weighted by Crippen LogP contribution is 2.32. The number of piperidine rings is 1. The first-order valence-corrected chi connectivity index (χ1v) is 19.1. The summed E-state index contributed by atoms with van der Waals surface area (Å²) in [5.74, 6) is -1.26. The van der Waals surface area contributed by atoms with Crippen molar-refractivity contribution in [3.05, 3.63) is 53.3 Å². The van der Waals surface area contributed by atoms with Crippen LogP contribution in [0.4, 0.5) is 11.5 Å². The lowest BCUT2D eigenvalue weighted by Gasteiger charge is -2.27. The summed E-state index contributed by atoms with van der Waals surface area (Å²) < 4.78 is 24.1. The first-order chi connectivity index (χ1) is 26.8. The number of carbonyl (C=O) groups is 5. The number of nitrogens with one attached hydrogen (secondary N) is 4. The number of imide groups is 2. The van der Waals surface area contributed by atoms with Crippen LogP contribution in [-0.4, -0.2) is 127 Å². The van der Waals surface area contributed by atoms with Crippen LogP contribution in [0.5, 0.6) is 0 Å². The van der Waals surface area contributed by atoms with E-state index >= 15 is 0 Å². The third kappa shape index (κ3) is 10.4. The molecular formula is C38H50N8O9. The van der Waals surface area contributed by atoms with E-state index in [1.165, 1.54) is 0 Å². The second kappa shape index (κ2) is 19.6. The summed E-state index contributed by atoms with van der Waals surface area (Å²) >= 11 is 0. The van der Waals surface area contributed by atoms with E-state index in [1.807, 2.05) is 10.6 Å². The highest BCUT2D eigenvalue weighted by Gasteiger charge is 2.45. The van der Waals surface area contributed by atoms with E-state index in [4.69, 9.17) is 18.9 Å². The highest BCUT2D eigenvalue weighted by molar-refractivity contribution is 6.25. The molecule has 2 aromatic heterocycles. The summed E-state index contributed by atoms with van der Waals surface area (Å²) in [6.07, 6.45) is 6.87. The Kier molecular flexibility index (Phi) is 14.1. The maximum absolute atomic E-state index is 13.2. The van der Waals surface area contributed by atoms with Crippen molar-refractivity contribution in [1.29, 1.82) is 0 Å². The Morgan fingerprint density at radius 2 is 1.62 bits per heavy atom. The molecule has 4 heterocycles. The standard InChI is InChI=1S/C38H50N8O9/c1-2-4-25-24-32(46-31(41-25)11-13-40-46)42-26-7-8-27(23-26)43-34(48)12-15-52-17-19-54-21-22-55-20-18-53-16-14-39-29-6-3-5-28-35(29)38(51)45(37(28)50)30-9-10-33(47)44-36(30)49/h3,5-6,11,13,24,26-27,30,39,42H,2,4,7-10,12,14-23H2,1H3,(H,43,48)(H,44,47,49)/t26-,27-,30?/m1/s1. The first kappa shape index (κ1) is 39.7. The maximum atomic E-state index is 13.2. The Labute approximate surface area is 319 Å². The number of amides is 5. The SMILES string of the molecule is CCCc1cc(N[C@@H]2CC[C@@H](NC(=O)CCOCCOCCOCCOCCNc3cccc4c3C(=O)N(C3CCC(=O)NC3=O)C4=O)C2)n2nccc2n1. The summed E-state index contributed by atoms with van der Waals surface area (Å²) in [5, 5.41) is 16.5. The number of fused-ring (bicyclic) bond motifs is 2. The summed E-state index contributed by atoms with van der Waals surface area (Å²) in [5.41, 5.74) is 2.77. The molecule has 296 valence electrons. The normalized spacial score (nSPS) is 19.6. The minimum atomic E-state index is -1.01. The third-order valence-corrected chi connectivity index (χ3v) is 9.69. The van der Waals surface area contributed by atoms with Crippen LogP contribution in [0.25, 0.3) is 5.65 Å². The van der Waals surface area contributed by atoms with Gasteiger partial charge in [0.2, 0.25) is 17.7 Å². The number of aryl methyl sites for hydroxylation is 1. The predicted molar refractivity (Wildman–Crippen MR) is 200 cm³/mol. The van der Waals surface area contributed by atoms with Gasteiger partial charge in [-0.3, -0.25) is 34.2 Å². The van der Waals surface area contributed by atoms with Crippen molar-refractivity contribution in [2.75, 3.05) is 70.0 Å². The zero-order valence-electron chi connectivity index (χ0n) is 31.2. The van der Waals surface area contributed by atoms with Crippen LogP contribution in [0, 0.1) is 0 Å². The van der Waals surface area contributed by atoms with Crippen molar-refractivity contribution in [3.8, 4) is 0 Å². The van der Waals surface area contributed by atoms with Gasteiger partial charge in [0.1, 0.15) is 11.9 Å². The van der Waals surface area contributed by atoms with Crippen LogP contribution >= 0.6 is 0 Å². The molecule has 2 fully saturated rings. The van der Waals surface area contributed by atoms with Gasteiger partial charge in [0.05, 0.1) is 70.2 Å². The van der Waals surface area contributed by atoms with Crippen LogP contribution in [0.15, 0.2) is 36.5 Å². The minimum absolute atomic E-state index is 0.0184. The van der Waals surface area contributed by atoms with Gasteiger partial charge in [0, 0.05) is 55.0 Å². The molecule has 1 aliphatic carbocycles. The Morgan fingerprint density at radius 1 is 0.891 bits per heavy atom. The van der Waals surface area contributed by atoms with E-state index in [2.05, 4.69) is 44.3 Å². The molecular weight excluding hydrogens is 712 g/mol. The molecule has 3 aliphatic rings. The van der Waals surface area contributed by atoms with E-state index in [1.54, 1.807) is 24.4 Å². The molecule has 1 saturated heterocycles. The van der Waals surface area contributed by atoms with Gasteiger partial charge in [0.15, 0.2) is 5.65 Å². The number of anilines is 2. The van der Waals surface area contributed by atoms with Crippen LogP contribution in [0.1, 0.15) is 78.3 Å². The molecule has 55 heavy (non-hydrogen) atoms. The molecule has 17 nitrogen and oxygen atoms in total. The third-order valence-electron chi connectivity index (χ3n) is 9.69. The molecule has 1 aromatic carbocycles. The van der Waals surface area contributed by atoms with Gasteiger partial charge in [-0.2, -0.15) is 9.61 Å². The van der Waals surface area contributed by atoms with Gasteiger partial charge in [-0.1, -0.05) is 19.4 Å². The molecule has 3 atom stereocenters. The van der Waals surface area contributed by atoms with E-state index < -0.39 is 29.7 Å². The molecule has 2 aliphatic heterocycles. The molecule has 0 radical (unpaired) electrons. The van der Waals surface area contributed by atoms with Crippen LogP contribution in [-0.2, 0) is 39.8 Å². The summed E-state index contributed by atoms with van der Waals surface area (Å²) in [4.78, 5) is 68.1. The number of aromatic nitrogens is 3. The number of hydrogen-bond acceptors (Lipinski definition) is 13. The largest absolute Gasteiger partial charge is 0.382 e. The van der Waals surface area contributed by atoms with E-state index in [9.17, 15) is 24.0 Å². The average Bonchev–Trinajstić information content (AvgIpc) is 3.89. The molecule has 6 rings (SSSR count). The lowest BCUT2D eigenvalue weighted by Crippen LogP contribution is -2.54. The number of ether oxygens (including phenoxy) is 4. The Hall–Kier alpha value is -4.97. The molecule has 1 saturated carbocycles.